The number of nitrogens with one attached hydrogen (secondary N) is 1. The Hall–Kier alpha value is -1.73. The van der Waals surface area contributed by atoms with Crippen LogP contribution in [0.2, 0.25) is 0 Å². The summed E-state index contributed by atoms with van der Waals surface area (Å²) in [4.78, 5) is 0. The molecule has 1 aromatic carbocycles. The summed E-state index contributed by atoms with van der Waals surface area (Å²) in [6, 6.07) is 8.07. The quantitative estimate of drug-likeness (QED) is 0.742. The lowest BCUT2D eigenvalue weighted by Gasteiger charge is -2.22. The molecule has 0 bridgehead atoms. The van der Waals surface area contributed by atoms with Gasteiger partial charge < -0.3 is 14.8 Å². The summed E-state index contributed by atoms with van der Waals surface area (Å²) in [5.41, 5.74) is 1.12. The number of nitriles is 1. The third kappa shape index (κ3) is 6.50. The maximum atomic E-state index is 8.59. The Morgan fingerprint density at radius 3 is 2.62 bits per heavy atom. The molecule has 0 aliphatic carbocycles. The molecule has 116 valence electrons. The van der Waals surface area contributed by atoms with Crippen LogP contribution in [0.4, 0.5) is 0 Å². The molecule has 0 atom stereocenters. The minimum atomic E-state index is 0.0414. The Bertz CT molecular complexity index is 473. The lowest BCUT2D eigenvalue weighted by atomic mass is 10.1. The van der Waals surface area contributed by atoms with Crippen molar-refractivity contribution < 1.29 is 9.47 Å². The monoisotopic (exact) mass is 290 g/mol. The van der Waals surface area contributed by atoms with E-state index in [2.05, 4.69) is 32.2 Å². The number of nitrogens with zero attached hydrogens (tertiary/aromatic N) is 1. The summed E-state index contributed by atoms with van der Waals surface area (Å²) in [5, 5.41) is 12.1. The van der Waals surface area contributed by atoms with Gasteiger partial charge in [0.1, 0.15) is 0 Å². The summed E-state index contributed by atoms with van der Waals surface area (Å²) in [5.74, 6) is 1.55. The molecule has 0 amide bonds. The van der Waals surface area contributed by atoms with Gasteiger partial charge in [0.15, 0.2) is 11.5 Å². The molecule has 0 spiro atoms. The highest BCUT2D eigenvalue weighted by Gasteiger charge is 2.14. The van der Waals surface area contributed by atoms with Crippen LogP contribution in [0.5, 0.6) is 11.5 Å². The Labute approximate surface area is 128 Å². The van der Waals surface area contributed by atoms with E-state index < -0.39 is 0 Å². The molecule has 0 aliphatic rings. The van der Waals surface area contributed by atoms with Crippen molar-refractivity contribution in [3.8, 4) is 17.6 Å². The van der Waals surface area contributed by atoms with E-state index in [9.17, 15) is 0 Å². The van der Waals surface area contributed by atoms with E-state index in [4.69, 9.17) is 14.7 Å². The molecule has 0 aromatic heterocycles. The zero-order chi connectivity index (χ0) is 15.7. The van der Waals surface area contributed by atoms with Crippen molar-refractivity contribution in [1.29, 1.82) is 5.26 Å². The van der Waals surface area contributed by atoms with E-state index in [1.807, 2.05) is 25.1 Å². The van der Waals surface area contributed by atoms with Crippen LogP contribution in [0.25, 0.3) is 0 Å². The summed E-state index contributed by atoms with van der Waals surface area (Å²) < 4.78 is 11.5. The molecule has 0 saturated carbocycles. The fourth-order valence-corrected chi connectivity index (χ4v) is 1.82. The smallest absolute Gasteiger partial charge is 0.165 e. The van der Waals surface area contributed by atoms with E-state index in [1.165, 1.54) is 0 Å². The molecule has 0 saturated heterocycles. The third-order valence-corrected chi connectivity index (χ3v) is 2.85. The van der Waals surface area contributed by atoms with Gasteiger partial charge in [-0.05, 0) is 40.2 Å². The normalized spacial score (nSPS) is 11.0. The van der Waals surface area contributed by atoms with Crippen molar-refractivity contribution >= 4 is 0 Å². The van der Waals surface area contributed by atoms with E-state index in [1.54, 1.807) is 0 Å². The molecule has 0 heterocycles. The largest absolute Gasteiger partial charge is 0.490 e. The van der Waals surface area contributed by atoms with E-state index in [0.29, 0.717) is 19.6 Å². The zero-order valence-corrected chi connectivity index (χ0v) is 13.5. The first kappa shape index (κ1) is 17.3. The first-order valence-corrected chi connectivity index (χ1v) is 7.47. The molecular formula is C17H26N2O2. The third-order valence-electron chi connectivity index (χ3n) is 2.85. The number of hydrogen-bond acceptors (Lipinski definition) is 4. The Kier molecular flexibility index (Phi) is 7.04. The van der Waals surface area contributed by atoms with Gasteiger partial charge in [0, 0.05) is 24.1 Å². The van der Waals surface area contributed by atoms with Crippen LogP contribution in [-0.4, -0.2) is 18.8 Å². The minimum absolute atomic E-state index is 0.0414. The van der Waals surface area contributed by atoms with Gasteiger partial charge in [-0.25, -0.2) is 0 Å². The van der Waals surface area contributed by atoms with Gasteiger partial charge in [-0.1, -0.05) is 12.1 Å². The molecule has 0 radical (unpaired) electrons. The van der Waals surface area contributed by atoms with Crippen LogP contribution in [-0.2, 0) is 6.54 Å². The summed E-state index contributed by atoms with van der Waals surface area (Å²) in [6.07, 6.45) is 1.23. The highest BCUT2D eigenvalue weighted by atomic mass is 16.5. The van der Waals surface area contributed by atoms with Crippen molar-refractivity contribution in [3.05, 3.63) is 23.8 Å². The first-order valence-electron chi connectivity index (χ1n) is 7.47. The molecule has 0 unspecified atom stereocenters. The number of hydrogen-bond donors (Lipinski definition) is 1. The van der Waals surface area contributed by atoms with Crippen LogP contribution < -0.4 is 14.8 Å². The molecule has 1 aromatic rings. The lowest BCUT2D eigenvalue weighted by Crippen LogP contribution is -2.35. The van der Waals surface area contributed by atoms with Gasteiger partial charge >= 0.3 is 0 Å². The average molecular weight is 290 g/mol. The van der Waals surface area contributed by atoms with Gasteiger partial charge in [0.2, 0.25) is 0 Å². The van der Waals surface area contributed by atoms with Crippen molar-refractivity contribution in [3.63, 3.8) is 0 Å². The predicted molar refractivity (Wildman–Crippen MR) is 84.5 cm³/mol. The van der Waals surface area contributed by atoms with Crippen LogP contribution in [0, 0.1) is 11.3 Å². The zero-order valence-electron chi connectivity index (χ0n) is 13.5. The Balaban J connectivity index is 2.83. The van der Waals surface area contributed by atoms with Gasteiger partial charge in [0.05, 0.1) is 19.3 Å². The van der Waals surface area contributed by atoms with Crippen molar-refractivity contribution in [1.82, 2.24) is 5.32 Å². The minimum Gasteiger partial charge on any atom is -0.490 e. The SMILES string of the molecule is CCOc1cccc(CNC(C)(C)C)c1OCCCC#N. The van der Waals surface area contributed by atoms with Gasteiger partial charge in [-0.2, -0.15) is 5.26 Å². The number of benzene rings is 1. The van der Waals surface area contributed by atoms with Crippen molar-refractivity contribution in [2.75, 3.05) is 13.2 Å². The number of para-hydroxylation sites is 1. The summed E-state index contributed by atoms with van der Waals surface area (Å²) >= 11 is 0. The molecule has 21 heavy (non-hydrogen) atoms. The van der Waals surface area contributed by atoms with Crippen LogP contribution >= 0.6 is 0 Å². The molecule has 1 rings (SSSR count). The van der Waals surface area contributed by atoms with Crippen molar-refractivity contribution in [2.24, 2.45) is 0 Å². The van der Waals surface area contributed by atoms with Crippen LogP contribution in [0.15, 0.2) is 18.2 Å². The van der Waals surface area contributed by atoms with Crippen LogP contribution in [0.3, 0.4) is 0 Å². The maximum Gasteiger partial charge on any atom is 0.165 e. The fourth-order valence-electron chi connectivity index (χ4n) is 1.82. The predicted octanol–water partition coefficient (Wildman–Crippen LogP) is 3.66. The standard InChI is InChI=1S/C17H26N2O2/c1-5-20-15-10-8-9-14(13-19-17(2,3)4)16(15)21-12-7-6-11-18/h8-10,19H,5-7,12-13H2,1-4H3. The highest BCUT2D eigenvalue weighted by Crippen LogP contribution is 2.32. The second kappa shape index (κ2) is 8.53. The summed E-state index contributed by atoms with van der Waals surface area (Å²) in [7, 11) is 0. The molecule has 4 nitrogen and oxygen atoms in total. The van der Waals surface area contributed by atoms with Crippen LogP contribution in [0.1, 0.15) is 46.1 Å². The van der Waals surface area contributed by atoms with Gasteiger partial charge in [0.25, 0.3) is 0 Å². The topological polar surface area (TPSA) is 54.3 Å². The molecule has 0 aliphatic heterocycles. The van der Waals surface area contributed by atoms with E-state index in [0.717, 1.165) is 30.0 Å². The Morgan fingerprint density at radius 2 is 2.00 bits per heavy atom. The number of rotatable bonds is 8. The van der Waals surface area contributed by atoms with Gasteiger partial charge in [-0.15, -0.1) is 0 Å². The second-order valence-electron chi connectivity index (χ2n) is 5.89. The number of unbranched alkanes of at least 4 members (excludes halogenated alkanes) is 1. The first-order chi connectivity index (χ1) is 9.98. The lowest BCUT2D eigenvalue weighted by molar-refractivity contribution is 0.270. The molecule has 0 fully saturated rings. The summed E-state index contributed by atoms with van der Waals surface area (Å²) in [6.45, 7) is 10.2. The van der Waals surface area contributed by atoms with E-state index in [-0.39, 0.29) is 5.54 Å². The highest BCUT2D eigenvalue weighted by molar-refractivity contribution is 5.46. The van der Waals surface area contributed by atoms with E-state index >= 15 is 0 Å². The second-order valence-corrected chi connectivity index (χ2v) is 5.89. The molecular weight excluding hydrogens is 264 g/mol. The average Bonchev–Trinajstić information content (AvgIpc) is 2.42. The molecule has 4 heteroatoms. The number of ether oxygens (including phenoxy) is 2. The Morgan fingerprint density at radius 1 is 1.24 bits per heavy atom. The van der Waals surface area contributed by atoms with Crippen molar-refractivity contribution in [2.45, 2.75) is 52.6 Å². The van der Waals surface area contributed by atoms with Gasteiger partial charge in [-0.3, -0.25) is 0 Å². The maximum absolute atomic E-state index is 8.59. The molecule has 1 N–H and O–H groups in total. The fraction of sp³-hybridized carbons (Fsp3) is 0.588.